The highest BCUT2D eigenvalue weighted by molar-refractivity contribution is 8.18. The van der Waals surface area contributed by atoms with E-state index in [1.54, 1.807) is 6.92 Å². The van der Waals surface area contributed by atoms with E-state index in [4.69, 9.17) is 4.74 Å². The molecule has 0 aromatic rings. The maximum absolute atomic E-state index is 11.4. The van der Waals surface area contributed by atoms with Crippen LogP contribution in [0.2, 0.25) is 0 Å². The van der Waals surface area contributed by atoms with E-state index in [1.807, 2.05) is 4.90 Å². The van der Waals surface area contributed by atoms with Gasteiger partial charge in [0.1, 0.15) is 4.91 Å². The van der Waals surface area contributed by atoms with Gasteiger partial charge in [0, 0.05) is 18.8 Å². The topological polar surface area (TPSA) is 79.2 Å². The van der Waals surface area contributed by atoms with Crippen molar-refractivity contribution in [2.75, 3.05) is 19.7 Å². The Balaban J connectivity index is 2.11. The lowest BCUT2D eigenvalue weighted by atomic mass is 10.2. The number of aliphatic carboxylic acids is 1. The maximum Gasteiger partial charge on any atom is 0.344 e. The van der Waals surface area contributed by atoms with Crippen molar-refractivity contribution >= 4 is 28.9 Å². The van der Waals surface area contributed by atoms with E-state index in [2.05, 4.69) is 4.99 Å². The standard InChI is InChI=1S/C12H16N2O4S/c1-2-18-9(15)5-4-8-10(11(16)17)19-12-13-6-3-7-14(8)12/h2-7H2,1H3,(H,16,17). The molecule has 104 valence electrons. The molecule has 0 spiro atoms. The van der Waals surface area contributed by atoms with Crippen molar-refractivity contribution in [1.82, 2.24) is 4.90 Å². The first kappa shape index (κ1) is 13.9. The number of allylic oxidation sites excluding steroid dienone is 1. The van der Waals surface area contributed by atoms with Gasteiger partial charge in [0.15, 0.2) is 5.17 Å². The van der Waals surface area contributed by atoms with Crippen LogP contribution in [0.25, 0.3) is 0 Å². The molecule has 0 atom stereocenters. The number of carbonyl (C=O) groups excluding carboxylic acids is 1. The third-order valence-electron chi connectivity index (χ3n) is 2.86. The molecule has 0 unspecified atom stereocenters. The van der Waals surface area contributed by atoms with Gasteiger partial charge in [-0.25, -0.2) is 4.79 Å². The molecule has 2 aliphatic rings. The lowest BCUT2D eigenvalue weighted by Crippen LogP contribution is -2.30. The van der Waals surface area contributed by atoms with E-state index in [9.17, 15) is 14.7 Å². The Bertz CT molecular complexity index is 459. The van der Waals surface area contributed by atoms with Gasteiger partial charge in [-0.2, -0.15) is 0 Å². The van der Waals surface area contributed by atoms with Gasteiger partial charge < -0.3 is 14.7 Å². The second-order valence-electron chi connectivity index (χ2n) is 4.16. The lowest BCUT2D eigenvalue weighted by molar-refractivity contribution is -0.143. The fourth-order valence-electron chi connectivity index (χ4n) is 2.06. The van der Waals surface area contributed by atoms with Crippen molar-refractivity contribution in [2.45, 2.75) is 26.2 Å². The summed E-state index contributed by atoms with van der Waals surface area (Å²) < 4.78 is 4.87. The molecule has 0 aliphatic carbocycles. The van der Waals surface area contributed by atoms with Crippen LogP contribution < -0.4 is 0 Å². The molecule has 2 rings (SSSR count). The third kappa shape index (κ3) is 3.09. The molecular formula is C12H16N2O4S. The number of amidine groups is 1. The summed E-state index contributed by atoms with van der Waals surface area (Å²) in [4.78, 5) is 29.2. The molecule has 0 bridgehead atoms. The Kier molecular flexibility index (Phi) is 4.47. The normalized spacial score (nSPS) is 18.2. The van der Waals surface area contributed by atoms with Crippen molar-refractivity contribution in [3.8, 4) is 0 Å². The fourth-order valence-corrected chi connectivity index (χ4v) is 3.13. The first-order valence-corrected chi connectivity index (χ1v) is 7.07. The highest BCUT2D eigenvalue weighted by Crippen LogP contribution is 2.38. The molecule has 0 amide bonds. The number of carboxylic acid groups (broad SMARTS) is 1. The summed E-state index contributed by atoms with van der Waals surface area (Å²) in [6, 6.07) is 0. The SMILES string of the molecule is CCOC(=O)CCC1=C(C(=O)O)SC2=NCCCN21. The molecule has 7 heteroatoms. The number of thioether (sulfide) groups is 1. The van der Waals surface area contributed by atoms with Gasteiger partial charge in [-0.15, -0.1) is 0 Å². The number of esters is 1. The summed E-state index contributed by atoms with van der Waals surface area (Å²) in [5.74, 6) is -1.26. The molecular weight excluding hydrogens is 268 g/mol. The Morgan fingerprint density at radius 2 is 2.32 bits per heavy atom. The largest absolute Gasteiger partial charge is 0.477 e. The van der Waals surface area contributed by atoms with Crippen LogP contribution in [0.3, 0.4) is 0 Å². The predicted molar refractivity (Wildman–Crippen MR) is 71.7 cm³/mol. The molecule has 0 saturated carbocycles. The van der Waals surface area contributed by atoms with Crippen molar-refractivity contribution in [3.63, 3.8) is 0 Å². The molecule has 0 fully saturated rings. The van der Waals surface area contributed by atoms with Crippen LogP contribution in [0.1, 0.15) is 26.2 Å². The number of aliphatic imine (C=N–C) groups is 1. The number of nitrogens with zero attached hydrogens (tertiary/aromatic N) is 2. The van der Waals surface area contributed by atoms with Crippen LogP contribution in [0.15, 0.2) is 15.6 Å². The Morgan fingerprint density at radius 3 is 3.00 bits per heavy atom. The first-order chi connectivity index (χ1) is 9.13. The van der Waals surface area contributed by atoms with Gasteiger partial charge in [0.25, 0.3) is 0 Å². The van der Waals surface area contributed by atoms with Gasteiger partial charge >= 0.3 is 11.9 Å². The summed E-state index contributed by atoms with van der Waals surface area (Å²) in [7, 11) is 0. The summed E-state index contributed by atoms with van der Waals surface area (Å²) in [5, 5.41) is 9.96. The number of ether oxygens (including phenoxy) is 1. The van der Waals surface area contributed by atoms with Crippen molar-refractivity contribution in [1.29, 1.82) is 0 Å². The first-order valence-electron chi connectivity index (χ1n) is 6.25. The minimum absolute atomic E-state index is 0.199. The van der Waals surface area contributed by atoms with Gasteiger partial charge in [0.05, 0.1) is 13.0 Å². The Morgan fingerprint density at radius 1 is 1.53 bits per heavy atom. The van der Waals surface area contributed by atoms with Crippen LogP contribution >= 0.6 is 11.8 Å². The van der Waals surface area contributed by atoms with E-state index in [-0.39, 0.29) is 17.3 Å². The maximum atomic E-state index is 11.4. The summed E-state index contributed by atoms with van der Waals surface area (Å²) >= 11 is 1.18. The van der Waals surface area contributed by atoms with Gasteiger partial charge in [-0.1, -0.05) is 0 Å². The smallest absolute Gasteiger partial charge is 0.344 e. The molecule has 1 N–H and O–H groups in total. The number of hydrogen-bond donors (Lipinski definition) is 1. The average Bonchev–Trinajstić information content (AvgIpc) is 2.75. The van der Waals surface area contributed by atoms with Gasteiger partial charge in [-0.05, 0) is 31.5 Å². The summed E-state index contributed by atoms with van der Waals surface area (Å²) in [5.41, 5.74) is 0.684. The zero-order chi connectivity index (χ0) is 13.8. The lowest BCUT2D eigenvalue weighted by Gasteiger charge is -2.25. The molecule has 0 aromatic carbocycles. The molecule has 2 aliphatic heterocycles. The number of carboxylic acids is 1. The van der Waals surface area contributed by atoms with E-state index < -0.39 is 5.97 Å². The van der Waals surface area contributed by atoms with E-state index in [1.165, 1.54) is 11.8 Å². The number of hydrogen-bond acceptors (Lipinski definition) is 6. The van der Waals surface area contributed by atoms with Gasteiger partial charge in [0.2, 0.25) is 0 Å². The minimum atomic E-state index is -0.957. The van der Waals surface area contributed by atoms with Crippen LogP contribution in [-0.2, 0) is 14.3 Å². The second-order valence-corrected chi connectivity index (χ2v) is 5.14. The quantitative estimate of drug-likeness (QED) is 0.769. The molecule has 2 heterocycles. The van der Waals surface area contributed by atoms with Crippen LogP contribution in [0, 0.1) is 0 Å². The van der Waals surface area contributed by atoms with Crippen molar-refractivity contribution in [3.05, 3.63) is 10.6 Å². The molecule has 19 heavy (non-hydrogen) atoms. The molecule has 0 aromatic heterocycles. The van der Waals surface area contributed by atoms with Crippen molar-refractivity contribution in [2.24, 2.45) is 4.99 Å². The van der Waals surface area contributed by atoms with Gasteiger partial charge in [-0.3, -0.25) is 9.79 Å². The predicted octanol–water partition coefficient (Wildman–Crippen LogP) is 1.43. The van der Waals surface area contributed by atoms with E-state index >= 15 is 0 Å². The second kappa shape index (κ2) is 6.10. The zero-order valence-corrected chi connectivity index (χ0v) is 11.5. The van der Waals surface area contributed by atoms with Crippen LogP contribution in [-0.4, -0.2) is 46.8 Å². The number of carbonyl (C=O) groups is 2. The summed E-state index contributed by atoms with van der Waals surface area (Å²) in [6.45, 7) is 3.59. The Labute approximate surface area is 115 Å². The zero-order valence-electron chi connectivity index (χ0n) is 10.7. The monoisotopic (exact) mass is 284 g/mol. The minimum Gasteiger partial charge on any atom is -0.477 e. The third-order valence-corrected chi connectivity index (χ3v) is 4.01. The van der Waals surface area contributed by atoms with Crippen LogP contribution in [0.4, 0.5) is 0 Å². The number of fused-ring (bicyclic) bond motifs is 1. The number of rotatable bonds is 5. The molecule has 6 nitrogen and oxygen atoms in total. The highest BCUT2D eigenvalue weighted by Gasteiger charge is 2.34. The summed E-state index contributed by atoms with van der Waals surface area (Å²) in [6.07, 6.45) is 1.48. The van der Waals surface area contributed by atoms with E-state index in [0.717, 1.165) is 24.7 Å². The van der Waals surface area contributed by atoms with Crippen LogP contribution in [0.5, 0.6) is 0 Å². The molecule has 0 radical (unpaired) electrons. The fraction of sp³-hybridized carbons (Fsp3) is 0.583. The average molecular weight is 284 g/mol. The molecule has 0 saturated heterocycles. The highest BCUT2D eigenvalue weighted by atomic mass is 32.2. The Hall–Kier alpha value is -1.50. The van der Waals surface area contributed by atoms with E-state index in [0.29, 0.717) is 18.7 Å². The van der Waals surface area contributed by atoms with Crippen molar-refractivity contribution < 1.29 is 19.4 Å².